The maximum absolute atomic E-state index is 10.2. The average molecular weight is 410 g/mol. The molecular formula is C14H13Na3O10. The second-order valence-corrected chi connectivity index (χ2v) is 4.47. The summed E-state index contributed by atoms with van der Waals surface area (Å²) in [4.78, 5) is 40.2. The molecule has 0 aromatic heterocycles. The third-order valence-electron chi connectivity index (χ3n) is 2.59. The molecule has 1 rings (SSSR count). The number of hydrogen-bond acceptors (Lipinski definition) is 10. The third-order valence-corrected chi connectivity index (χ3v) is 2.59. The van der Waals surface area contributed by atoms with E-state index in [-0.39, 0.29) is 94.4 Å². The van der Waals surface area contributed by atoms with E-state index in [0.29, 0.717) is 17.6 Å². The van der Waals surface area contributed by atoms with Gasteiger partial charge in [-0.3, -0.25) is 4.79 Å². The normalized spacial score (nSPS) is 8.96. The van der Waals surface area contributed by atoms with Crippen molar-refractivity contribution in [2.24, 2.45) is 0 Å². The van der Waals surface area contributed by atoms with Crippen molar-refractivity contribution in [2.75, 3.05) is 7.11 Å². The largest absolute Gasteiger partial charge is 1.00 e. The molecule has 0 saturated carbocycles. The van der Waals surface area contributed by atoms with Gasteiger partial charge in [0.05, 0.1) is 13.1 Å². The topological polar surface area (TPSA) is 187 Å². The molecule has 0 aliphatic heterocycles. The molecule has 0 atom stereocenters. The zero-order chi connectivity index (χ0) is 18.9. The van der Waals surface area contributed by atoms with Gasteiger partial charge in [-0.15, -0.1) is 0 Å². The summed E-state index contributed by atoms with van der Waals surface area (Å²) >= 11 is 0. The van der Waals surface area contributed by atoms with E-state index in [1.807, 2.05) is 0 Å². The Kier molecular flexibility index (Phi) is 21.4. The van der Waals surface area contributed by atoms with Crippen LogP contribution in [0.15, 0.2) is 18.2 Å². The number of aliphatic carboxylic acids is 3. The summed E-state index contributed by atoms with van der Waals surface area (Å²) in [6.07, 6.45) is -2.02. The maximum Gasteiger partial charge on any atom is 1.00 e. The summed E-state index contributed by atoms with van der Waals surface area (Å²) in [7, 11) is 1.43. The molecule has 132 valence electrons. The van der Waals surface area contributed by atoms with Crippen molar-refractivity contribution in [3.63, 3.8) is 0 Å². The van der Waals surface area contributed by atoms with Crippen LogP contribution < -0.4 is 109 Å². The number of aldehydes is 1. The molecule has 1 aromatic carbocycles. The first kappa shape index (κ1) is 34.4. The molecule has 0 bridgehead atoms. The van der Waals surface area contributed by atoms with Crippen molar-refractivity contribution in [1.29, 1.82) is 0 Å². The molecule has 0 saturated heterocycles. The molecule has 0 aliphatic carbocycles. The molecule has 27 heavy (non-hydrogen) atoms. The molecule has 0 spiro atoms. The molecule has 0 fully saturated rings. The number of aromatic hydroxyl groups is 1. The number of methoxy groups -OCH3 is 1. The number of ether oxygens (including phenoxy) is 1. The number of phenols is 1. The fourth-order valence-electron chi connectivity index (χ4n) is 1.45. The van der Waals surface area contributed by atoms with E-state index in [4.69, 9.17) is 14.9 Å². The van der Waals surface area contributed by atoms with Crippen LogP contribution in [-0.4, -0.2) is 47.1 Å². The average Bonchev–Trinajstić information content (AvgIpc) is 2.46. The van der Waals surface area contributed by atoms with Crippen molar-refractivity contribution >= 4 is 24.2 Å². The summed E-state index contributed by atoms with van der Waals surface area (Å²) < 4.78 is 4.78. The first-order valence-corrected chi connectivity index (χ1v) is 6.21. The van der Waals surface area contributed by atoms with Crippen molar-refractivity contribution in [2.45, 2.75) is 18.4 Å². The van der Waals surface area contributed by atoms with Crippen LogP contribution in [0, 0.1) is 0 Å². The monoisotopic (exact) mass is 410 g/mol. The van der Waals surface area contributed by atoms with E-state index >= 15 is 0 Å². The zero-order valence-electron chi connectivity index (χ0n) is 15.4. The number of hydrogen-bond donors (Lipinski definition) is 2. The molecule has 0 unspecified atom stereocenters. The summed E-state index contributed by atoms with van der Waals surface area (Å²) in [5, 5.41) is 48.0. The minimum atomic E-state index is -2.97. The zero-order valence-corrected chi connectivity index (χ0v) is 21.4. The molecule has 0 amide bonds. The van der Waals surface area contributed by atoms with Crippen LogP contribution in [0.3, 0.4) is 0 Å². The van der Waals surface area contributed by atoms with Gasteiger partial charge in [0, 0.05) is 30.3 Å². The summed E-state index contributed by atoms with van der Waals surface area (Å²) in [5.74, 6) is -5.63. The number of carboxylic acids is 3. The summed E-state index contributed by atoms with van der Waals surface area (Å²) in [5.41, 5.74) is -2.49. The van der Waals surface area contributed by atoms with Gasteiger partial charge in [0.15, 0.2) is 11.5 Å². The maximum atomic E-state index is 10.2. The van der Waals surface area contributed by atoms with Crippen molar-refractivity contribution in [3.8, 4) is 11.5 Å². The molecule has 10 nitrogen and oxygen atoms in total. The molecule has 0 aliphatic rings. The van der Waals surface area contributed by atoms with Crippen molar-refractivity contribution in [1.82, 2.24) is 0 Å². The van der Waals surface area contributed by atoms with Gasteiger partial charge in [0.25, 0.3) is 0 Å². The van der Waals surface area contributed by atoms with Crippen LogP contribution in [-0.2, 0) is 14.4 Å². The van der Waals surface area contributed by atoms with E-state index in [2.05, 4.69) is 0 Å². The first-order chi connectivity index (χ1) is 11.1. The number of carboxylic acid groups (broad SMARTS) is 3. The molecule has 2 N–H and O–H groups in total. The van der Waals surface area contributed by atoms with E-state index in [1.54, 1.807) is 0 Å². The Labute approximate surface area is 220 Å². The Morgan fingerprint density at radius 2 is 1.52 bits per heavy atom. The minimum Gasteiger partial charge on any atom is -0.550 e. The Morgan fingerprint density at radius 3 is 1.81 bits per heavy atom. The summed E-state index contributed by atoms with van der Waals surface area (Å²) in [6.45, 7) is 0. The third kappa shape index (κ3) is 13.6. The Bertz CT molecular complexity index is 620. The van der Waals surface area contributed by atoms with Crippen LogP contribution in [0.4, 0.5) is 0 Å². The summed E-state index contributed by atoms with van der Waals surface area (Å²) in [6, 6.07) is 4.41. The molecule has 0 radical (unpaired) electrons. The number of carbonyl (C=O) groups is 4. The van der Waals surface area contributed by atoms with Gasteiger partial charge < -0.3 is 44.7 Å². The number of phenolic OH excluding ortho intramolecular Hbond substituents is 1. The van der Waals surface area contributed by atoms with Crippen LogP contribution >= 0.6 is 0 Å². The Morgan fingerprint density at radius 1 is 1.07 bits per heavy atom. The SMILES string of the molecule is COc1cc(C=O)ccc1O.O=C([O-])CC(O)(CC(=O)[O-])C(=O)[O-].[Na+].[Na+].[Na+]. The van der Waals surface area contributed by atoms with Crippen LogP contribution in [0.2, 0.25) is 0 Å². The van der Waals surface area contributed by atoms with E-state index in [1.165, 1.54) is 25.3 Å². The van der Waals surface area contributed by atoms with Gasteiger partial charge in [0.1, 0.15) is 11.9 Å². The smallest absolute Gasteiger partial charge is 0.550 e. The second kappa shape index (κ2) is 16.8. The van der Waals surface area contributed by atoms with Gasteiger partial charge in [-0.05, 0) is 18.2 Å². The number of aliphatic hydroxyl groups is 1. The quantitative estimate of drug-likeness (QED) is 0.323. The van der Waals surface area contributed by atoms with Gasteiger partial charge in [-0.25, -0.2) is 0 Å². The van der Waals surface area contributed by atoms with Crippen LogP contribution in [0.5, 0.6) is 11.5 Å². The van der Waals surface area contributed by atoms with Gasteiger partial charge in [-0.1, -0.05) is 0 Å². The minimum absolute atomic E-state index is 0. The van der Waals surface area contributed by atoms with E-state index in [0.717, 1.165) is 0 Å². The number of rotatable bonds is 7. The molecule has 0 heterocycles. The van der Waals surface area contributed by atoms with Gasteiger partial charge in [-0.2, -0.15) is 0 Å². The fraction of sp³-hybridized carbons (Fsp3) is 0.286. The molecular weight excluding hydrogens is 397 g/mol. The molecule has 13 heteroatoms. The number of carbonyl (C=O) groups excluding carboxylic acids is 4. The second-order valence-electron chi connectivity index (χ2n) is 4.47. The van der Waals surface area contributed by atoms with E-state index < -0.39 is 36.4 Å². The molecule has 1 aromatic rings. The number of benzene rings is 1. The van der Waals surface area contributed by atoms with Gasteiger partial charge in [0.2, 0.25) is 0 Å². The van der Waals surface area contributed by atoms with Crippen LogP contribution in [0.25, 0.3) is 0 Å². The Balaban J connectivity index is -0.000000178. The predicted molar refractivity (Wildman–Crippen MR) is 69.3 cm³/mol. The van der Waals surface area contributed by atoms with E-state index in [9.17, 15) is 34.5 Å². The Hall–Kier alpha value is -0.140. The first-order valence-electron chi connectivity index (χ1n) is 6.21. The van der Waals surface area contributed by atoms with Crippen molar-refractivity contribution in [3.05, 3.63) is 23.8 Å². The van der Waals surface area contributed by atoms with Crippen molar-refractivity contribution < 1.29 is 138 Å². The fourth-order valence-corrected chi connectivity index (χ4v) is 1.45. The van der Waals surface area contributed by atoms with Gasteiger partial charge >= 0.3 is 88.7 Å². The predicted octanol–water partition coefficient (Wildman–Crippen LogP) is -13.0. The standard InChI is InChI=1S/C8H8O3.C6H8O7.3Na/c1-11-8-4-6(5-9)2-3-7(8)10;7-3(8)1-6(13,5(11)12)2-4(9)10;;;/h2-5,10H,1H3;13H,1-2H2,(H,7,8)(H,9,10)(H,11,12);;;/q;;3*+1/p-3. The van der Waals surface area contributed by atoms with Crippen LogP contribution in [0.1, 0.15) is 23.2 Å².